The first-order valence-corrected chi connectivity index (χ1v) is 8.53. The predicted molar refractivity (Wildman–Crippen MR) is 104 cm³/mol. The van der Waals surface area contributed by atoms with Crippen LogP contribution in [0.1, 0.15) is 11.1 Å². The molecule has 0 bridgehead atoms. The number of hydrogen-bond acceptors (Lipinski definition) is 5. The van der Waals surface area contributed by atoms with Crippen LogP contribution in [0, 0.1) is 28.7 Å². The van der Waals surface area contributed by atoms with Gasteiger partial charge in [-0.05, 0) is 37.7 Å². The Morgan fingerprint density at radius 2 is 2.07 bits per heavy atom. The Morgan fingerprint density at radius 3 is 2.78 bits per heavy atom. The topological polar surface area (TPSA) is 106 Å². The molecule has 1 amide bonds. The van der Waals surface area contributed by atoms with Crippen LogP contribution in [0.5, 0.6) is 0 Å². The number of non-ortho nitro benzene ring substituents is 1. The number of carbonyl (C=O) groups excluding carboxylic acids is 1. The molecule has 0 unspecified atom stereocenters. The highest BCUT2D eigenvalue weighted by Crippen LogP contribution is 2.22. The van der Waals surface area contributed by atoms with Gasteiger partial charge in [-0.15, -0.1) is 0 Å². The Balaban J connectivity index is 1.86. The maximum absolute atomic E-state index is 12.5. The van der Waals surface area contributed by atoms with E-state index in [0.29, 0.717) is 16.3 Å². The van der Waals surface area contributed by atoms with Crippen LogP contribution >= 0.6 is 12.2 Å². The summed E-state index contributed by atoms with van der Waals surface area (Å²) < 4.78 is 1.91. The Labute approximate surface area is 160 Å². The molecule has 0 aliphatic heterocycles. The molecule has 8 nitrogen and oxygen atoms in total. The normalized spacial score (nSPS) is 10.6. The van der Waals surface area contributed by atoms with Gasteiger partial charge < -0.3 is 5.32 Å². The zero-order valence-corrected chi connectivity index (χ0v) is 15.5. The SMILES string of the molecule is Cc1cccc(-c2n[nH]c(=S)n2CC(=O)Nc2cc([N+](=O)[O-])ccc2C)c1. The molecule has 0 fully saturated rings. The third-order valence-corrected chi connectivity index (χ3v) is 4.35. The Kier molecular flexibility index (Phi) is 5.13. The summed E-state index contributed by atoms with van der Waals surface area (Å²) in [4.78, 5) is 23.0. The summed E-state index contributed by atoms with van der Waals surface area (Å²) in [5, 5.41) is 20.6. The molecule has 27 heavy (non-hydrogen) atoms. The number of nitrogens with zero attached hydrogens (tertiary/aromatic N) is 3. The van der Waals surface area contributed by atoms with Crippen LogP contribution in [-0.4, -0.2) is 25.6 Å². The van der Waals surface area contributed by atoms with Crippen LogP contribution in [-0.2, 0) is 11.3 Å². The summed E-state index contributed by atoms with van der Waals surface area (Å²) >= 11 is 5.25. The minimum absolute atomic E-state index is 0.0687. The van der Waals surface area contributed by atoms with Crippen LogP contribution in [0.4, 0.5) is 11.4 Å². The van der Waals surface area contributed by atoms with E-state index in [9.17, 15) is 14.9 Å². The molecule has 1 heterocycles. The Bertz CT molecular complexity index is 1090. The van der Waals surface area contributed by atoms with Gasteiger partial charge in [0.05, 0.1) is 10.6 Å². The lowest BCUT2D eigenvalue weighted by Gasteiger charge is -2.10. The van der Waals surface area contributed by atoms with Gasteiger partial charge in [0.2, 0.25) is 5.91 Å². The summed E-state index contributed by atoms with van der Waals surface area (Å²) in [5.41, 5.74) is 2.92. The van der Waals surface area contributed by atoms with Crippen molar-refractivity contribution in [2.75, 3.05) is 5.32 Å². The molecule has 0 aliphatic carbocycles. The van der Waals surface area contributed by atoms with Crippen molar-refractivity contribution in [1.82, 2.24) is 14.8 Å². The number of anilines is 1. The van der Waals surface area contributed by atoms with Crippen molar-refractivity contribution >= 4 is 29.5 Å². The number of nitrogens with one attached hydrogen (secondary N) is 2. The van der Waals surface area contributed by atoms with E-state index in [4.69, 9.17) is 12.2 Å². The van der Waals surface area contributed by atoms with Crippen LogP contribution in [0.25, 0.3) is 11.4 Å². The van der Waals surface area contributed by atoms with E-state index < -0.39 is 4.92 Å². The number of rotatable bonds is 5. The number of aromatic nitrogens is 3. The van der Waals surface area contributed by atoms with Gasteiger partial charge in [-0.1, -0.05) is 29.8 Å². The van der Waals surface area contributed by atoms with Crippen molar-refractivity contribution in [3.63, 3.8) is 0 Å². The van der Waals surface area contributed by atoms with Crippen molar-refractivity contribution < 1.29 is 9.72 Å². The molecule has 2 aromatic carbocycles. The first-order valence-electron chi connectivity index (χ1n) is 8.12. The third-order valence-electron chi connectivity index (χ3n) is 4.04. The number of hydrogen-bond donors (Lipinski definition) is 2. The van der Waals surface area contributed by atoms with Crippen LogP contribution in [0.15, 0.2) is 42.5 Å². The highest BCUT2D eigenvalue weighted by Gasteiger charge is 2.15. The minimum Gasteiger partial charge on any atom is -0.324 e. The molecule has 0 radical (unpaired) electrons. The lowest BCUT2D eigenvalue weighted by molar-refractivity contribution is -0.384. The zero-order chi connectivity index (χ0) is 19.6. The maximum atomic E-state index is 12.5. The summed E-state index contributed by atoms with van der Waals surface area (Å²) in [6.07, 6.45) is 0. The van der Waals surface area contributed by atoms with E-state index in [2.05, 4.69) is 15.5 Å². The highest BCUT2D eigenvalue weighted by atomic mass is 32.1. The summed E-state index contributed by atoms with van der Waals surface area (Å²) in [7, 11) is 0. The van der Waals surface area contributed by atoms with Crippen LogP contribution in [0.3, 0.4) is 0 Å². The standard InChI is InChI=1S/C18H17N5O3S/c1-11-4-3-5-13(8-11)17-20-21-18(27)22(17)10-16(24)19-15-9-14(23(25)26)7-6-12(15)2/h3-9H,10H2,1-2H3,(H,19,24)(H,21,27). The largest absolute Gasteiger partial charge is 0.324 e. The quantitative estimate of drug-likeness (QED) is 0.396. The first kappa shape index (κ1) is 18.5. The molecule has 0 saturated carbocycles. The highest BCUT2D eigenvalue weighted by molar-refractivity contribution is 7.71. The molecule has 9 heteroatoms. The molecule has 3 rings (SSSR count). The molecule has 0 spiro atoms. The van der Waals surface area contributed by atoms with Gasteiger partial charge in [-0.25, -0.2) is 0 Å². The van der Waals surface area contributed by atoms with Gasteiger partial charge in [-0.2, -0.15) is 5.10 Å². The van der Waals surface area contributed by atoms with Gasteiger partial charge in [0.25, 0.3) is 5.69 Å². The number of H-pyrrole nitrogens is 1. The first-order chi connectivity index (χ1) is 12.8. The number of nitro benzene ring substituents is 1. The van der Waals surface area contributed by atoms with Crippen molar-refractivity contribution in [1.29, 1.82) is 0 Å². The van der Waals surface area contributed by atoms with E-state index in [1.54, 1.807) is 17.6 Å². The number of aryl methyl sites for hydroxylation is 2. The molecule has 2 N–H and O–H groups in total. The van der Waals surface area contributed by atoms with Crippen molar-refractivity contribution in [2.45, 2.75) is 20.4 Å². The van der Waals surface area contributed by atoms with Gasteiger partial charge >= 0.3 is 0 Å². The smallest absolute Gasteiger partial charge is 0.271 e. The Hall–Kier alpha value is -3.33. The number of benzene rings is 2. The monoisotopic (exact) mass is 383 g/mol. The number of aromatic amines is 1. The molecular formula is C18H17N5O3S. The fourth-order valence-corrected chi connectivity index (χ4v) is 2.86. The maximum Gasteiger partial charge on any atom is 0.271 e. The number of carbonyl (C=O) groups is 1. The number of amides is 1. The zero-order valence-electron chi connectivity index (χ0n) is 14.7. The van der Waals surface area contributed by atoms with Crippen molar-refractivity contribution in [3.05, 3.63) is 68.5 Å². The lowest BCUT2D eigenvalue weighted by atomic mass is 10.1. The van der Waals surface area contributed by atoms with Gasteiger partial charge in [0.1, 0.15) is 6.54 Å². The second kappa shape index (κ2) is 7.50. The minimum atomic E-state index is -0.503. The molecule has 0 aliphatic rings. The summed E-state index contributed by atoms with van der Waals surface area (Å²) in [5.74, 6) is 0.194. The second-order valence-electron chi connectivity index (χ2n) is 6.11. The fourth-order valence-electron chi connectivity index (χ4n) is 2.66. The van der Waals surface area contributed by atoms with Gasteiger partial charge in [0, 0.05) is 17.7 Å². The van der Waals surface area contributed by atoms with E-state index in [1.165, 1.54) is 12.1 Å². The van der Waals surface area contributed by atoms with Gasteiger partial charge in [0.15, 0.2) is 10.6 Å². The number of nitro groups is 1. The molecule has 1 aromatic heterocycles. The van der Waals surface area contributed by atoms with E-state index in [1.807, 2.05) is 31.2 Å². The second-order valence-corrected chi connectivity index (χ2v) is 6.50. The van der Waals surface area contributed by atoms with E-state index in [-0.39, 0.29) is 18.1 Å². The van der Waals surface area contributed by atoms with Gasteiger partial charge in [-0.3, -0.25) is 24.6 Å². The summed E-state index contributed by atoms with van der Waals surface area (Å²) in [6.45, 7) is 3.66. The van der Waals surface area contributed by atoms with Crippen LogP contribution in [0.2, 0.25) is 0 Å². The molecular weight excluding hydrogens is 366 g/mol. The third kappa shape index (κ3) is 4.09. The van der Waals surface area contributed by atoms with Crippen molar-refractivity contribution in [2.24, 2.45) is 0 Å². The average molecular weight is 383 g/mol. The fraction of sp³-hybridized carbons (Fsp3) is 0.167. The summed E-state index contributed by atoms with van der Waals surface area (Å²) in [6, 6.07) is 12.0. The predicted octanol–water partition coefficient (Wildman–Crippen LogP) is 3.77. The van der Waals surface area contributed by atoms with Crippen LogP contribution < -0.4 is 5.32 Å². The van der Waals surface area contributed by atoms with E-state index in [0.717, 1.165) is 16.7 Å². The molecule has 0 atom stereocenters. The average Bonchev–Trinajstić information content (AvgIpc) is 2.97. The lowest BCUT2D eigenvalue weighted by Crippen LogP contribution is -2.20. The Morgan fingerprint density at radius 1 is 1.30 bits per heavy atom. The molecule has 0 saturated heterocycles. The van der Waals surface area contributed by atoms with E-state index >= 15 is 0 Å². The van der Waals surface area contributed by atoms with Crippen molar-refractivity contribution in [3.8, 4) is 11.4 Å². The molecule has 3 aromatic rings. The molecule has 138 valence electrons.